The molecule has 0 bridgehead atoms. The largest absolute Gasteiger partial charge is 0.355 e. The zero-order chi connectivity index (χ0) is 27.2. The molecule has 8 rings (SSSR count). The molecule has 11 heteroatoms. The fraction of sp³-hybridized carbons (Fsp3) is 0.379. The highest BCUT2D eigenvalue weighted by Crippen LogP contribution is 2.51. The van der Waals surface area contributed by atoms with E-state index < -0.39 is 6.17 Å². The van der Waals surface area contributed by atoms with E-state index in [2.05, 4.69) is 32.5 Å². The lowest BCUT2D eigenvalue weighted by Crippen LogP contribution is -2.48. The van der Waals surface area contributed by atoms with Crippen LogP contribution in [-0.2, 0) is 6.42 Å². The zero-order valence-electron chi connectivity index (χ0n) is 22.0. The summed E-state index contributed by atoms with van der Waals surface area (Å²) in [6.07, 6.45) is 5.77. The summed E-state index contributed by atoms with van der Waals surface area (Å²) in [6, 6.07) is 10.1. The van der Waals surface area contributed by atoms with Crippen molar-refractivity contribution in [3.63, 3.8) is 0 Å². The summed E-state index contributed by atoms with van der Waals surface area (Å²) in [5, 5.41) is 0.670. The van der Waals surface area contributed by atoms with Crippen molar-refractivity contribution >= 4 is 51.8 Å². The molecule has 8 nitrogen and oxygen atoms in total. The van der Waals surface area contributed by atoms with Gasteiger partial charge < -0.3 is 15.5 Å². The Hall–Kier alpha value is -3.21. The molecule has 1 atom stereocenters. The minimum atomic E-state index is -0.746. The van der Waals surface area contributed by atoms with Crippen LogP contribution in [0.3, 0.4) is 0 Å². The third kappa shape index (κ3) is 3.62. The van der Waals surface area contributed by atoms with E-state index in [4.69, 9.17) is 32.3 Å². The van der Waals surface area contributed by atoms with Crippen molar-refractivity contribution in [1.29, 1.82) is 0 Å². The number of imidazole rings is 2. The predicted octanol–water partition coefficient (Wildman–Crippen LogP) is 5.22. The molecule has 2 saturated heterocycles. The van der Waals surface area contributed by atoms with Crippen molar-refractivity contribution in [2.24, 2.45) is 11.1 Å². The third-order valence-corrected chi connectivity index (χ3v) is 10.7. The van der Waals surface area contributed by atoms with Crippen LogP contribution in [0.25, 0.3) is 16.8 Å². The SMILES string of the molecule is Cc1nccc(Sc2ccc3nc(N4CCC5(CC4)Cc4nc(N6CC(F)C6)ccc4[C@H]5N)c4cnc2n34)c1Cl. The second-order valence-electron chi connectivity index (χ2n) is 11.3. The summed E-state index contributed by atoms with van der Waals surface area (Å²) in [5.74, 6) is 1.84. The highest BCUT2D eigenvalue weighted by atomic mass is 35.5. The standard InChI is InChI=1S/C29H28ClFN8S/c1-16-25(30)21(6-9-33-16)40-22-3-5-24-36-27(20-13-34-28(22)39(20)24)37-10-7-29(8-11-37)12-19-18(26(29)32)2-4-23(35-19)38-14-17(31)15-38/h2-6,9,13,17,26H,7-8,10-12,14-15,32H2,1H3/t26-/m1/s1. The van der Waals surface area contributed by atoms with Gasteiger partial charge in [0.2, 0.25) is 0 Å². The predicted molar refractivity (Wildman–Crippen MR) is 156 cm³/mol. The van der Waals surface area contributed by atoms with Gasteiger partial charge in [-0.05, 0) is 61.4 Å². The molecule has 1 aliphatic carbocycles. The third-order valence-electron chi connectivity index (χ3n) is 9.02. The molecule has 5 aromatic heterocycles. The fourth-order valence-electron chi connectivity index (χ4n) is 6.64. The Morgan fingerprint density at radius 2 is 1.85 bits per heavy atom. The average molecular weight is 575 g/mol. The maximum Gasteiger partial charge on any atom is 0.157 e. The highest BCUT2D eigenvalue weighted by molar-refractivity contribution is 7.99. The van der Waals surface area contributed by atoms with Gasteiger partial charge in [-0.25, -0.2) is 19.3 Å². The molecule has 0 saturated carbocycles. The molecular formula is C29H28ClFN8S. The number of aromatic nitrogens is 5. The number of piperidine rings is 1. The maximum atomic E-state index is 13.4. The Morgan fingerprint density at radius 3 is 2.65 bits per heavy atom. The van der Waals surface area contributed by atoms with E-state index in [1.54, 1.807) is 18.0 Å². The molecule has 0 amide bonds. The van der Waals surface area contributed by atoms with Crippen LogP contribution in [0.5, 0.6) is 0 Å². The molecule has 5 aromatic rings. The molecule has 40 heavy (non-hydrogen) atoms. The van der Waals surface area contributed by atoms with Crippen LogP contribution < -0.4 is 15.5 Å². The van der Waals surface area contributed by atoms with Gasteiger partial charge >= 0.3 is 0 Å². The summed E-state index contributed by atoms with van der Waals surface area (Å²) in [4.78, 5) is 25.4. The first-order valence-corrected chi connectivity index (χ1v) is 14.9. The van der Waals surface area contributed by atoms with E-state index in [0.29, 0.717) is 18.1 Å². The maximum absolute atomic E-state index is 13.4. The minimum absolute atomic E-state index is 0.00741. The second kappa shape index (κ2) is 8.89. The van der Waals surface area contributed by atoms with Gasteiger partial charge in [-0.1, -0.05) is 29.4 Å². The quantitative estimate of drug-likeness (QED) is 0.312. The Morgan fingerprint density at radius 1 is 1.02 bits per heavy atom. The van der Waals surface area contributed by atoms with Crippen LogP contribution in [0.1, 0.15) is 35.8 Å². The van der Waals surface area contributed by atoms with E-state index in [9.17, 15) is 4.39 Å². The van der Waals surface area contributed by atoms with E-state index in [-0.39, 0.29) is 11.5 Å². The number of hydrogen-bond acceptors (Lipinski definition) is 8. The number of hydrogen-bond donors (Lipinski definition) is 1. The number of nitrogens with two attached hydrogens (primary N) is 1. The first kappa shape index (κ1) is 24.6. The molecule has 2 aliphatic heterocycles. The number of pyridine rings is 3. The Labute approximate surface area is 240 Å². The van der Waals surface area contributed by atoms with Gasteiger partial charge in [0.25, 0.3) is 0 Å². The second-order valence-corrected chi connectivity index (χ2v) is 12.8. The minimum Gasteiger partial charge on any atom is -0.355 e. The zero-order valence-corrected chi connectivity index (χ0v) is 23.6. The number of anilines is 2. The topological polar surface area (TPSA) is 88.5 Å². The smallest absolute Gasteiger partial charge is 0.157 e. The molecule has 204 valence electrons. The van der Waals surface area contributed by atoms with E-state index in [1.165, 1.54) is 0 Å². The molecule has 0 aromatic carbocycles. The number of aryl methyl sites for hydroxylation is 1. The molecule has 2 N–H and O–H groups in total. The number of nitrogens with zero attached hydrogens (tertiary/aromatic N) is 7. The number of fused-ring (bicyclic) bond motifs is 1. The Balaban J connectivity index is 1.04. The summed E-state index contributed by atoms with van der Waals surface area (Å²) < 4.78 is 15.5. The van der Waals surface area contributed by atoms with Crippen molar-refractivity contribution < 1.29 is 4.39 Å². The highest BCUT2D eigenvalue weighted by Gasteiger charge is 2.47. The summed E-state index contributed by atoms with van der Waals surface area (Å²) in [6.45, 7) is 4.52. The molecule has 3 aliphatic rings. The monoisotopic (exact) mass is 574 g/mol. The van der Waals surface area contributed by atoms with Crippen molar-refractivity contribution in [2.75, 3.05) is 36.0 Å². The van der Waals surface area contributed by atoms with Gasteiger partial charge in [-0.2, -0.15) is 0 Å². The Bertz CT molecular complexity index is 1760. The van der Waals surface area contributed by atoms with Crippen LogP contribution >= 0.6 is 23.4 Å². The van der Waals surface area contributed by atoms with Crippen molar-refractivity contribution in [1.82, 2.24) is 24.3 Å². The van der Waals surface area contributed by atoms with Gasteiger partial charge in [0.15, 0.2) is 11.5 Å². The van der Waals surface area contributed by atoms with Crippen molar-refractivity contribution in [3.8, 4) is 0 Å². The van der Waals surface area contributed by atoms with E-state index >= 15 is 0 Å². The average Bonchev–Trinajstić information content (AvgIpc) is 3.61. The van der Waals surface area contributed by atoms with Gasteiger partial charge in [-0.3, -0.25) is 9.38 Å². The number of alkyl halides is 1. The number of halogens is 2. The summed E-state index contributed by atoms with van der Waals surface area (Å²) in [7, 11) is 0. The summed E-state index contributed by atoms with van der Waals surface area (Å²) in [5.41, 5.74) is 12.7. The van der Waals surface area contributed by atoms with Gasteiger partial charge in [0.1, 0.15) is 23.2 Å². The summed E-state index contributed by atoms with van der Waals surface area (Å²) >= 11 is 8.12. The number of rotatable bonds is 4. The van der Waals surface area contributed by atoms with Crippen LogP contribution in [0.2, 0.25) is 5.02 Å². The molecule has 7 heterocycles. The lowest BCUT2D eigenvalue weighted by molar-refractivity contribution is 0.187. The van der Waals surface area contributed by atoms with Crippen LogP contribution in [0.15, 0.2) is 52.5 Å². The van der Waals surface area contributed by atoms with Crippen molar-refractivity contribution in [2.45, 2.75) is 48.2 Å². The van der Waals surface area contributed by atoms with Crippen LogP contribution in [0, 0.1) is 12.3 Å². The van der Waals surface area contributed by atoms with Crippen LogP contribution in [-0.4, -0.2) is 56.7 Å². The van der Waals surface area contributed by atoms with Gasteiger partial charge in [0, 0.05) is 35.9 Å². The fourth-order valence-corrected chi connectivity index (χ4v) is 7.84. The molecule has 0 radical (unpaired) electrons. The molecule has 0 unspecified atom stereocenters. The first-order chi connectivity index (χ1) is 19.4. The van der Waals surface area contributed by atoms with Crippen molar-refractivity contribution in [3.05, 3.63) is 64.7 Å². The van der Waals surface area contributed by atoms with Gasteiger partial charge in [-0.15, -0.1) is 0 Å². The lowest BCUT2D eigenvalue weighted by atomic mass is 9.73. The molecular weight excluding hydrogens is 547 g/mol. The van der Waals surface area contributed by atoms with E-state index in [1.807, 2.05) is 30.2 Å². The first-order valence-electron chi connectivity index (χ1n) is 13.7. The normalized spacial score (nSPS) is 20.6. The van der Waals surface area contributed by atoms with Gasteiger partial charge in [0.05, 0.1) is 34.9 Å². The Kier molecular flexibility index (Phi) is 5.46. The lowest BCUT2D eigenvalue weighted by Gasteiger charge is -2.42. The molecule has 1 spiro atoms. The van der Waals surface area contributed by atoms with E-state index in [0.717, 1.165) is 87.5 Å². The van der Waals surface area contributed by atoms with Crippen LogP contribution in [0.4, 0.5) is 16.0 Å². The molecule has 2 fully saturated rings.